The average molecular weight is 540 g/mol. The average Bonchev–Trinajstić information content (AvgIpc) is 2.92. The molecule has 1 aliphatic rings. The number of ether oxygens (including phenoxy) is 2. The second-order valence-corrected chi connectivity index (χ2v) is 11.2. The van der Waals surface area contributed by atoms with E-state index in [0.29, 0.717) is 24.3 Å². The van der Waals surface area contributed by atoms with Gasteiger partial charge in [-0.25, -0.2) is 8.42 Å². The summed E-state index contributed by atoms with van der Waals surface area (Å²) in [6.07, 6.45) is 1.14. The summed E-state index contributed by atoms with van der Waals surface area (Å²) in [5.41, 5.74) is 0.719. The van der Waals surface area contributed by atoms with E-state index >= 15 is 0 Å². The van der Waals surface area contributed by atoms with Crippen LogP contribution in [0.5, 0.6) is 11.5 Å². The molecule has 202 valence electrons. The summed E-state index contributed by atoms with van der Waals surface area (Å²) in [6, 6.07) is 17.1. The number of para-hydroxylation sites is 1. The van der Waals surface area contributed by atoms with Gasteiger partial charge in [0.1, 0.15) is 6.04 Å². The number of hydrogen-bond acceptors (Lipinski definition) is 6. The molecule has 1 heterocycles. The number of rotatable bonds is 9. The minimum absolute atomic E-state index is 0.209. The predicted molar refractivity (Wildman–Crippen MR) is 145 cm³/mol. The highest BCUT2D eigenvalue weighted by atomic mass is 32.2. The molecular formula is C28H33N3O6S. The smallest absolute Gasteiger partial charge is 0.243 e. The van der Waals surface area contributed by atoms with Crippen molar-refractivity contribution in [2.45, 2.75) is 43.2 Å². The molecule has 2 amide bonds. The second-order valence-electron chi connectivity index (χ2n) is 9.31. The lowest BCUT2D eigenvalue weighted by Crippen LogP contribution is -2.53. The Labute approximate surface area is 223 Å². The van der Waals surface area contributed by atoms with Gasteiger partial charge >= 0.3 is 0 Å². The lowest BCUT2D eigenvalue weighted by Gasteiger charge is -2.32. The standard InChI is InChI=1S/C28H33N3O6S/c1-19(32)29-25(18-22-9-6-10-26(36-2)27(22)37-3)28(33)30-23-13-15-31(16-14-23)38(34,35)24-12-11-20-7-4-5-8-21(20)17-24/h4-12,17,23,25H,13-16,18H2,1-3H3,(H,29,32)(H,30,33)/t25-/m1/s1. The Kier molecular flexibility index (Phi) is 8.53. The van der Waals surface area contributed by atoms with Crippen LogP contribution in [0.25, 0.3) is 10.8 Å². The zero-order chi connectivity index (χ0) is 27.3. The van der Waals surface area contributed by atoms with E-state index in [2.05, 4.69) is 10.6 Å². The molecule has 0 spiro atoms. The molecule has 0 aliphatic carbocycles. The van der Waals surface area contributed by atoms with E-state index in [1.807, 2.05) is 36.4 Å². The van der Waals surface area contributed by atoms with Crippen LogP contribution in [0.3, 0.4) is 0 Å². The van der Waals surface area contributed by atoms with Crippen LogP contribution < -0.4 is 20.1 Å². The summed E-state index contributed by atoms with van der Waals surface area (Å²) in [6.45, 7) is 1.93. The third-order valence-electron chi connectivity index (χ3n) is 6.76. The molecule has 3 aromatic carbocycles. The third-order valence-corrected chi connectivity index (χ3v) is 8.66. The molecule has 1 atom stereocenters. The van der Waals surface area contributed by atoms with Crippen molar-refractivity contribution in [1.82, 2.24) is 14.9 Å². The molecule has 0 bridgehead atoms. The topological polar surface area (TPSA) is 114 Å². The Bertz CT molecular complexity index is 1420. The van der Waals surface area contributed by atoms with Crippen molar-refractivity contribution < 1.29 is 27.5 Å². The summed E-state index contributed by atoms with van der Waals surface area (Å²) in [5.74, 6) is 0.376. The molecule has 4 rings (SSSR count). The van der Waals surface area contributed by atoms with Crippen LogP contribution in [0.4, 0.5) is 0 Å². The first-order valence-electron chi connectivity index (χ1n) is 12.5. The lowest BCUT2D eigenvalue weighted by atomic mass is 10.0. The molecule has 38 heavy (non-hydrogen) atoms. The first kappa shape index (κ1) is 27.4. The van der Waals surface area contributed by atoms with Crippen molar-refractivity contribution in [2.24, 2.45) is 0 Å². The number of nitrogens with zero attached hydrogens (tertiary/aromatic N) is 1. The van der Waals surface area contributed by atoms with Gasteiger partial charge in [-0.15, -0.1) is 0 Å². The molecule has 3 aromatic rings. The second kappa shape index (κ2) is 11.8. The molecule has 1 saturated heterocycles. The van der Waals surface area contributed by atoms with Crippen molar-refractivity contribution in [1.29, 1.82) is 0 Å². The Hall–Kier alpha value is -3.63. The van der Waals surface area contributed by atoms with Crippen LogP contribution >= 0.6 is 0 Å². The van der Waals surface area contributed by atoms with Crippen molar-refractivity contribution in [3.63, 3.8) is 0 Å². The number of piperidine rings is 1. The molecule has 0 radical (unpaired) electrons. The van der Waals surface area contributed by atoms with Gasteiger partial charge in [0, 0.05) is 38.0 Å². The van der Waals surface area contributed by atoms with Crippen LogP contribution in [0, 0.1) is 0 Å². The number of amides is 2. The maximum atomic E-state index is 13.3. The minimum atomic E-state index is -3.65. The fourth-order valence-corrected chi connectivity index (χ4v) is 6.31. The Morgan fingerprint density at radius 3 is 2.34 bits per heavy atom. The first-order valence-corrected chi connectivity index (χ1v) is 13.9. The largest absolute Gasteiger partial charge is 0.493 e. The van der Waals surface area contributed by atoms with Gasteiger partial charge in [0.2, 0.25) is 21.8 Å². The molecular weight excluding hydrogens is 506 g/mol. The third kappa shape index (κ3) is 6.08. The first-order chi connectivity index (χ1) is 18.2. The Morgan fingerprint density at radius 2 is 1.68 bits per heavy atom. The van der Waals surface area contributed by atoms with E-state index in [1.54, 1.807) is 24.3 Å². The van der Waals surface area contributed by atoms with E-state index in [0.717, 1.165) is 16.3 Å². The summed E-state index contributed by atoms with van der Waals surface area (Å²) in [7, 11) is -0.598. The summed E-state index contributed by atoms with van der Waals surface area (Å²) < 4.78 is 38.8. The van der Waals surface area contributed by atoms with Crippen LogP contribution in [-0.2, 0) is 26.0 Å². The van der Waals surface area contributed by atoms with Crippen LogP contribution in [-0.4, -0.2) is 63.9 Å². The number of fused-ring (bicyclic) bond motifs is 1. The maximum Gasteiger partial charge on any atom is 0.243 e. The number of carbonyl (C=O) groups excluding carboxylic acids is 2. The molecule has 0 saturated carbocycles. The van der Waals surface area contributed by atoms with E-state index in [9.17, 15) is 18.0 Å². The van der Waals surface area contributed by atoms with Gasteiger partial charge in [-0.05, 0) is 41.8 Å². The number of sulfonamides is 1. The highest BCUT2D eigenvalue weighted by Gasteiger charge is 2.31. The SMILES string of the molecule is COc1cccc(C[C@@H](NC(C)=O)C(=O)NC2CCN(S(=O)(=O)c3ccc4ccccc4c3)CC2)c1OC. The Morgan fingerprint density at radius 1 is 0.974 bits per heavy atom. The van der Waals surface area contributed by atoms with Crippen LogP contribution in [0.15, 0.2) is 65.6 Å². The molecule has 10 heteroatoms. The van der Waals surface area contributed by atoms with Gasteiger partial charge in [0.15, 0.2) is 11.5 Å². The van der Waals surface area contributed by atoms with E-state index in [4.69, 9.17) is 9.47 Å². The van der Waals surface area contributed by atoms with Gasteiger partial charge < -0.3 is 20.1 Å². The number of hydrogen-bond donors (Lipinski definition) is 2. The minimum Gasteiger partial charge on any atom is -0.493 e. The van der Waals surface area contributed by atoms with E-state index in [-0.39, 0.29) is 42.3 Å². The highest BCUT2D eigenvalue weighted by Crippen LogP contribution is 2.31. The number of carbonyl (C=O) groups is 2. The summed E-state index contributed by atoms with van der Waals surface area (Å²) in [5, 5.41) is 7.57. The molecule has 0 aromatic heterocycles. The molecule has 1 aliphatic heterocycles. The quantitative estimate of drug-likeness (QED) is 0.432. The summed E-state index contributed by atoms with van der Waals surface area (Å²) in [4.78, 5) is 25.3. The van der Waals surface area contributed by atoms with Gasteiger partial charge in [0.05, 0.1) is 19.1 Å². The van der Waals surface area contributed by atoms with Gasteiger partial charge in [-0.1, -0.05) is 42.5 Å². The zero-order valence-corrected chi connectivity index (χ0v) is 22.6. The fraction of sp³-hybridized carbons (Fsp3) is 0.357. The van der Waals surface area contributed by atoms with Crippen molar-refractivity contribution in [3.8, 4) is 11.5 Å². The molecule has 2 N–H and O–H groups in total. The Balaban J connectivity index is 1.41. The van der Waals surface area contributed by atoms with Crippen molar-refractivity contribution in [3.05, 3.63) is 66.2 Å². The zero-order valence-electron chi connectivity index (χ0n) is 21.8. The summed E-state index contributed by atoms with van der Waals surface area (Å²) >= 11 is 0. The molecule has 9 nitrogen and oxygen atoms in total. The maximum absolute atomic E-state index is 13.3. The normalized spacial score (nSPS) is 15.6. The molecule has 1 fully saturated rings. The predicted octanol–water partition coefficient (Wildman–Crippen LogP) is 2.87. The van der Waals surface area contributed by atoms with Gasteiger partial charge in [0.25, 0.3) is 0 Å². The monoisotopic (exact) mass is 539 g/mol. The fourth-order valence-electron chi connectivity index (χ4n) is 4.81. The van der Waals surface area contributed by atoms with Gasteiger partial charge in [-0.3, -0.25) is 9.59 Å². The van der Waals surface area contributed by atoms with Crippen molar-refractivity contribution >= 4 is 32.6 Å². The number of benzene rings is 3. The van der Waals surface area contributed by atoms with E-state index < -0.39 is 16.1 Å². The van der Waals surface area contributed by atoms with Crippen LogP contribution in [0.2, 0.25) is 0 Å². The number of nitrogens with one attached hydrogen (secondary N) is 2. The number of methoxy groups -OCH3 is 2. The van der Waals surface area contributed by atoms with Crippen molar-refractivity contribution in [2.75, 3.05) is 27.3 Å². The van der Waals surface area contributed by atoms with Gasteiger partial charge in [-0.2, -0.15) is 4.31 Å². The molecule has 0 unspecified atom stereocenters. The van der Waals surface area contributed by atoms with E-state index in [1.165, 1.54) is 25.4 Å². The lowest BCUT2D eigenvalue weighted by molar-refractivity contribution is -0.128. The highest BCUT2D eigenvalue weighted by molar-refractivity contribution is 7.89. The van der Waals surface area contributed by atoms with Crippen LogP contribution in [0.1, 0.15) is 25.3 Å².